The predicted molar refractivity (Wildman–Crippen MR) is 68.4 cm³/mol. The van der Waals surface area contributed by atoms with E-state index in [1.807, 2.05) is 6.92 Å². The average Bonchev–Trinajstić information content (AvgIpc) is 2.38. The molecule has 0 aliphatic carbocycles. The van der Waals surface area contributed by atoms with E-state index in [1.54, 1.807) is 4.90 Å². The van der Waals surface area contributed by atoms with Crippen molar-refractivity contribution in [2.24, 2.45) is 0 Å². The second kappa shape index (κ2) is 6.92. The summed E-state index contributed by atoms with van der Waals surface area (Å²) in [6, 6.07) is 1.84. The first-order valence-corrected chi connectivity index (χ1v) is 5.94. The third-order valence-corrected chi connectivity index (χ3v) is 3.11. The Hall–Kier alpha value is -0.576. The van der Waals surface area contributed by atoms with Crippen molar-refractivity contribution in [2.75, 3.05) is 6.54 Å². The van der Waals surface area contributed by atoms with Crippen molar-refractivity contribution in [3.8, 4) is 0 Å². The van der Waals surface area contributed by atoms with Gasteiger partial charge >= 0.3 is 0 Å². The van der Waals surface area contributed by atoms with Crippen LogP contribution in [0.5, 0.6) is 0 Å². The zero-order valence-corrected chi connectivity index (χ0v) is 14.3. The normalized spacial score (nSPS) is 14.7. The molecule has 0 N–H and O–H groups in total. The second-order valence-electron chi connectivity index (χ2n) is 3.93. The van der Waals surface area contributed by atoms with Gasteiger partial charge in [0.2, 0.25) is 0 Å². The van der Waals surface area contributed by atoms with Gasteiger partial charge in [0.25, 0.3) is 0 Å². The van der Waals surface area contributed by atoms with E-state index in [1.165, 1.54) is 6.08 Å². The van der Waals surface area contributed by atoms with Crippen LogP contribution in [-0.4, -0.2) is 11.4 Å². The third kappa shape index (κ3) is 3.18. The summed E-state index contributed by atoms with van der Waals surface area (Å²) >= 11 is 5.92. The molecule has 1 aromatic carbocycles. The van der Waals surface area contributed by atoms with Crippen LogP contribution >= 0.6 is 11.6 Å². The minimum Gasteiger partial charge on any atom is -0.374 e. The molecule has 0 saturated heterocycles. The number of likely N-dealkylation sites (N-methyl/N-ethyl adjacent to an activating group) is 1. The van der Waals surface area contributed by atoms with Gasteiger partial charge in [-0.1, -0.05) is 30.0 Å². The average molecular weight is 374 g/mol. The summed E-state index contributed by atoms with van der Waals surface area (Å²) in [6.45, 7) is 6.11. The zero-order chi connectivity index (χ0) is 14.2. The molecule has 2 rings (SSSR count). The Kier molecular flexibility index (Phi) is 6.05. The number of rotatable bonds is 2. The van der Waals surface area contributed by atoms with Gasteiger partial charge in [0, 0.05) is 39.3 Å². The zero-order valence-electron chi connectivity index (χ0n) is 10.7. The van der Waals surface area contributed by atoms with Crippen LogP contribution in [0.4, 0.5) is 13.2 Å². The molecular formula is C14H10ClF3NY-. The maximum absolute atomic E-state index is 13.3. The van der Waals surface area contributed by atoms with Crippen molar-refractivity contribution in [1.29, 1.82) is 0 Å². The van der Waals surface area contributed by atoms with E-state index in [0.717, 1.165) is 12.1 Å². The molecule has 1 radical (unpaired) electrons. The summed E-state index contributed by atoms with van der Waals surface area (Å²) in [5.41, 5.74) is 1.08. The molecule has 1 heterocycles. The molecule has 0 bridgehead atoms. The van der Waals surface area contributed by atoms with Gasteiger partial charge in [0.1, 0.15) is 0 Å². The molecular weight excluding hydrogens is 364 g/mol. The summed E-state index contributed by atoms with van der Waals surface area (Å²) in [7, 11) is 0. The smallest absolute Gasteiger partial charge is 0.192 e. The Bertz CT molecular complexity index is 587. The molecule has 6 heteroatoms. The van der Waals surface area contributed by atoms with E-state index in [9.17, 15) is 13.2 Å². The van der Waals surface area contributed by atoms with Crippen LogP contribution in [0.3, 0.4) is 0 Å². The quantitative estimate of drug-likeness (QED) is 0.554. The second-order valence-corrected chi connectivity index (χ2v) is 4.34. The van der Waals surface area contributed by atoms with E-state index in [0.29, 0.717) is 23.0 Å². The minimum absolute atomic E-state index is 0. The molecule has 1 aliphatic heterocycles. The fourth-order valence-corrected chi connectivity index (χ4v) is 1.99. The summed E-state index contributed by atoms with van der Waals surface area (Å²) in [6.07, 6.45) is 4.29. The molecule has 0 aromatic heterocycles. The van der Waals surface area contributed by atoms with Crippen LogP contribution in [0.25, 0.3) is 5.70 Å². The van der Waals surface area contributed by atoms with Gasteiger partial charge in [-0.3, -0.25) is 0 Å². The van der Waals surface area contributed by atoms with Gasteiger partial charge in [-0.2, -0.15) is 23.8 Å². The number of benzene rings is 1. The van der Waals surface area contributed by atoms with E-state index in [2.05, 4.69) is 12.7 Å². The molecule has 0 spiro atoms. The van der Waals surface area contributed by atoms with Crippen molar-refractivity contribution in [1.82, 2.24) is 4.90 Å². The van der Waals surface area contributed by atoms with Gasteiger partial charge < -0.3 is 4.90 Å². The first kappa shape index (κ1) is 17.5. The first-order chi connectivity index (χ1) is 8.95. The summed E-state index contributed by atoms with van der Waals surface area (Å²) in [4.78, 5) is 1.65. The monoisotopic (exact) mass is 373 g/mol. The van der Waals surface area contributed by atoms with Gasteiger partial charge in [-0.05, 0) is 17.7 Å². The Labute approximate surface area is 145 Å². The largest absolute Gasteiger partial charge is 0.374 e. The van der Waals surface area contributed by atoms with Crippen molar-refractivity contribution < 1.29 is 45.9 Å². The topological polar surface area (TPSA) is 3.24 Å². The molecule has 1 aliphatic rings. The molecule has 0 atom stereocenters. The number of nitrogens with zero attached hydrogens (tertiary/aromatic N) is 1. The number of hydrogen-bond donors (Lipinski definition) is 0. The molecule has 1 aromatic rings. The fourth-order valence-electron chi connectivity index (χ4n) is 1.84. The maximum Gasteiger partial charge on any atom is 0.192 e. The Morgan fingerprint density at radius 2 is 1.80 bits per heavy atom. The molecule has 0 unspecified atom stereocenters. The number of allylic oxidation sites excluding steroid dienone is 3. The van der Waals surface area contributed by atoms with Crippen LogP contribution < -0.4 is 0 Å². The van der Waals surface area contributed by atoms with Crippen molar-refractivity contribution >= 4 is 17.3 Å². The summed E-state index contributed by atoms with van der Waals surface area (Å²) in [5, 5.41) is 0.397. The van der Waals surface area contributed by atoms with Crippen LogP contribution in [-0.2, 0) is 32.7 Å². The van der Waals surface area contributed by atoms with Gasteiger partial charge in [-0.15, -0.1) is 0 Å². The molecule has 103 valence electrons. The fraction of sp³-hybridized carbons (Fsp3) is 0.143. The molecule has 0 fully saturated rings. The van der Waals surface area contributed by atoms with Crippen LogP contribution in [0.15, 0.2) is 35.5 Å². The Morgan fingerprint density at radius 1 is 1.25 bits per heavy atom. The summed E-state index contributed by atoms with van der Waals surface area (Å²) in [5.74, 6) is -3.98. The van der Waals surface area contributed by atoms with Crippen LogP contribution in [0.2, 0.25) is 0 Å². The minimum atomic E-state index is -1.49. The number of hydrogen-bond acceptors (Lipinski definition) is 1. The van der Waals surface area contributed by atoms with E-state index < -0.39 is 17.5 Å². The van der Waals surface area contributed by atoms with Crippen molar-refractivity contribution in [3.63, 3.8) is 0 Å². The number of halogens is 4. The van der Waals surface area contributed by atoms with E-state index in [4.69, 9.17) is 11.6 Å². The maximum atomic E-state index is 13.3. The van der Waals surface area contributed by atoms with Crippen molar-refractivity contribution in [3.05, 3.63) is 64.6 Å². The summed E-state index contributed by atoms with van der Waals surface area (Å²) < 4.78 is 39.5. The van der Waals surface area contributed by atoms with Gasteiger partial charge in [-0.25, -0.2) is 13.2 Å². The van der Waals surface area contributed by atoms with Crippen LogP contribution in [0, 0.1) is 23.5 Å². The predicted octanol–water partition coefficient (Wildman–Crippen LogP) is 4.22. The molecule has 0 saturated carbocycles. The SMILES string of the molecule is C=C1C(Cl)=C[C-]=C(c2cc(F)c(F)c(F)c2)N1CC.[Y]. The Morgan fingerprint density at radius 3 is 2.30 bits per heavy atom. The first-order valence-electron chi connectivity index (χ1n) is 5.56. The van der Waals surface area contributed by atoms with Gasteiger partial charge in [0.05, 0.1) is 0 Å². The molecule has 1 nitrogen and oxygen atoms in total. The molecule has 20 heavy (non-hydrogen) atoms. The Balaban J connectivity index is 0.00000200. The van der Waals surface area contributed by atoms with E-state index in [-0.39, 0.29) is 38.3 Å². The van der Waals surface area contributed by atoms with Gasteiger partial charge in [0.15, 0.2) is 17.5 Å². The van der Waals surface area contributed by atoms with Crippen LogP contribution in [0.1, 0.15) is 12.5 Å². The standard InChI is InChI=1S/C14H10ClF3N.Y/c1-3-19-8(2)10(15)4-5-13(19)9-6-11(16)14(18)12(17)7-9;/h4,6-7H,2-3H2,1H3;/q-1;. The van der Waals surface area contributed by atoms with E-state index >= 15 is 0 Å². The molecule has 0 amide bonds. The third-order valence-electron chi connectivity index (χ3n) is 2.78. The van der Waals surface area contributed by atoms with Crippen molar-refractivity contribution in [2.45, 2.75) is 6.92 Å².